The van der Waals surface area contributed by atoms with Gasteiger partial charge >= 0.3 is 0 Å². The molecular weight excluding hydrogens is 286 g/mol. The number of likely N-dealkylation sites (tertiary alicyclic amines) is 1. The number of aromatic nitrogens is 2. The largest absolute Gasteiger partial charge is 0.379 e. The van der Waals surface area contributed by atoms with Gasteiger partial charge in [-0.3, -0.25) is 14.9 Å². The van der Waals surface area contributed by atoms with Crippen LogP contribution in [0.15, 0.2) is 49.1 Å². The average molecular weight is 309 g/mol. The van der Waals surface area contributed by atoms with Crippen LogP contribution in [0.4, 0.5) is 0 Å². The highest BCUT2D eigenvalue weighted by Gasteiger charge is 2.51. The van der Waals surface area contributed by atoms with E-state index in [1.807, 2.05) is 24.3 Å². The number of aliphatic hydroxyl groups is 1. The normalized spacial score (nSPS) is 20.6. The van der Waals surface area contributed by atoms with Gasteiger partial charge in [0.1, 0.15) is 5.60 Å². The van der Waals surface area contributed by atoms with E-state index in [9.17, 15) is 5.11 Å². The lowest BCUT2D eigenvalue weighted by Gasteiger charge is -2.42. The molecule has 4 rings (SSSR count). The Hall–Kier alpha value is -1.78. The molecule has 0 unspecified atom stereocenters. The molecule has 4 heteroatoms. The highest BCUT2D eigenvalue weighted by Crippen LogP contribution is 2.47. The lowest BCUT2D eigenvalue weighted by molar-refractivity contribution is -0.0237. The minimum Gasteiger partial charge on any atom is -0.379 e. The van der Waals surface area contributed by atoms with Gasteiger partial charge in [-0.15, -0.1) is 0 Å². The van der Waals surface area contributed by atoms with Gasteiger partial charge in [-0.05, 0) is 56.8 Å². The highest BCUT2D eigenvalue weighted by atomic mass is 16.3. The SMILES string of the molecule is OC(c1cccnc1)(c1cccnc1)[C@@H](C1CC1)N1CCCC1. The summed E-state index contributed by atoms with van der Waals surface area (Å²) in [6.45, 7) is 2.15. The number of nitrogens with zero attached hydrogens (tertiary/aromatic N) is 3. The predicted molar refractivity (Wildman–Crippen MR) is 88.8 cm³/mol. The van der Waals surface area contributed by atoms with Crippen LogP contribution < -0.4 is 0 Å². The van der Waals surface area contributed by atoms with Crippen LogP contribution in [0.3, 0.4) is 0 Å². The minimum atomic E-state index is -1.05. The second kappa shape index (κ2) is 6.02. The maximum Gasteiger partial charge on any atom is 0.133 e. The van der Waals surface area contributed by atoms with Crippen molar-refractivity contribution in [1.82, 2.24) is 14.9 Å². The molecular formula is C19H23N3O. The van der Waals surface area contributed by atoms with E-state index < -0.39 is 5.60 Å². The molecule has 2 fully saturated rings. The summed E-state index contributed by atoms with van der Waals surface area (Å²) in [6.07, 6.45) is 12.0. The summed E-state index contributed by atoms with van der Waals surface area (Å²) in [5.41, 5.74) is 0.696. The summed E-state index contributed by atoms with van der Waals surface area (Å²) in [7, 11) is 0. The Morgan fingerprint density at radius 3 is 2.00 bits per heavy atom. The van der Waals surface area contributed by atoms with Crippen molar-refractivity contribution in [2.45, 2.75) is 37.3 Å². The molecule has 2 aromatic rings. The maximum absolute atomic E-state index is 12.0. The summed E-state index contributed by atoms with van der Waals surface area (Å²) in [4.78, 5) is 11.0. The van der Waals surface area contributed by atoms with E-state index in [-0.39, 0.29) is 6.04 Å². The lowest BCUT2D eigenvalue weighted by atomic mass is 9.78. The fraction of sp³-hybridized carbons (Fsp3) is 0.474. The van der Waals surface area contributed by atoms with Gasteiger partial charge < -0.3 is 5.11 Å². The molecule has 0 amide bonds. The van der Waals surface area contributed by atoms with Gasteiger partial charge in [0.05, 0.1) is 0 Å². The predicted octanol–water partition coefficient (Wildman–Crippen LogP) is 2.59. The first kappa shape index (κ1) is 14.8. The van der Waals surface area contributed by atoms with Crippen molar-refractivity contribution >= 4 is 0 Å². The third kappa shape index (κ3) is 2.66. The molecule has 120 valence electrons. The van der Waals surface area contributed by atoms with Crippen LogP contribution in [-0.4, -0.2) is 39.1 Å². The van der Waals surface area contributed by atoms with E-state index in [1.54, 1.807) is 24.8 Å². The van der Waals surface area contributed by atoms with E-state index >= 15 is 0 Å². The van der Waals surface area contributed by atoms with Crippen molar-refractivity contribution in [3.63, 3.8) is 0 Å². The standard InChI is InChI=1S/C19H23N3O/c23-19(16-5-3-9-20-13-16,17-6-4-10-21-14-17)18(15-7-8-15)22-11-1-2-12-22/h3-6,9-10,13-15,18,23H,1-2,7-8,11-12H2/t18-/m1/s1. The first-order valence-electron chi connectivity index (χ1n) is 8.57. The first-order chi connectivity index (χ1) is 11.3. The molecule has 1 saturated heterocycles. The van der Waals surface area contributed by atoms with Crippen LogP contribution in [0, 0.1) is 5.92 Å². The van der Waals surface area contributed by atoms with Gasteiger partial charge in [-0.1, -0.05) is 12.1 Å². The zero-order chi connectivity index (χ0) is 15.7. The van der Waals surface area contributed by atoms with Gasteiger partial charge in [0, 0.05) is 42.0 Å². The molecule has 1 saturated carbocycles. The molecule has 0 radical (unpaired) electrons. The van der Waals surface area contributed by atoms with Crippen molar-refractivity contribution in [3.05, 3.63) is 60.2 Å². The molecule has 4 nitrogen and oxygen atoms in total. The molecule has 1 aliphatic heterocycles. The second-order valence-electron chi connectivity index (χ2n) is 6.78. The Labute approximate surface area is 137 Å². The number of pyridine rings is 2. The molecule has 0 spiro atoms. The average Bonchev–Trinajstić information content (AvgIpc) is 3.30. The zero-order valence-electron chi connectivity index (χ0n) is 13.3. The van der Waals surface area contributed by atoms with Crippen LogP contribution >= 0.6 is 0 Å². The van der Waals surface area contributed by atoms with Crippen molar-refractivity contribution in [2.24, 2.45) is 5.92 Å². The van der Waals surface area contributed by atoms with Crippen molar-refractivity contribution in [3.8, 4) is 0 Å². The molecule has 3 heterocycles. The molecule has 2 aromatic heterocycles. The van der Waals surface area contributed by atoms with E-state index in [0.717, 1.165) is 24.2 Å². The van der Waals surface area contributed by atoms with Gasteiger partial charge in [0.25, 0.3) is 0 Å². The smallest absolute Gasteiger partial charge is 0.133 e. The van der Waals surface area contributed by atoms with E-state index in [1.165, 1.54) is 25.7 Å². The molecule has 23 heavy (non-hydrogen) atoms. The topological polar surface area (TPSA) is 49.3 Å². The quantitative estimate of drug-likeness (QED) is 0.922. The Kier molecular flexibility index (Phi) is 3.87. The summed E-state index contributed by atoms with van der Waals surface area (Å²) in [5.74, 6) is 0.554. The minimum absolute atomic E-state index is 0.110. The van der Waals surface area contributed by atoms with Crippen molar-refractivity contribution in [2.75, 3.05) is 13.1 Å². The summed E-state index contributed by atoms with van der Waals surface area (Å²) >= 11 is 0. The molecule has 1 N–H and O–H groups in total. The molecule has 0 aromatic carbocycles. The number of rotatable bonds is 5. The summed E-state index contributed by atoms with van der Waals surface area (Å²) in [5, 5.41) is 12.0. The van der Waals surface area contributed by atoms with Gasteiger partial charge in [0.15, 0.2) is 0 Å². The van der Waals surface area contributed by atoms with E-state index in [4.69, 9.17) is 0 Å². The third-order valence-corrected chi connectivity index (χ3v) is 5.23. The van der Waals surface area contributed by atoms with Crippen molar-refractivity contribution in [1.29, 1.82) is 0 Å². The van der Waals surface area contributed by atoms with Crippen LogP contribution in [0.5, 0.6) is 0 Å². The molecule has 2 aliphatic rings. The van der Waals surface area contributed by atoms with Gasteiger partial charge in [-0.2, -0.15) is 0 Å². The van der Waals surface area contributed by atoms with Crippen LogP contribution in [0.1, 0.15) is 36.8 Å². The third-order valence-electron chi connectivity index (χ3n) is 5.23. The second-order valence-corrected chi connectivity index (χ2v) is 6.78. The summed E-state index contributed by atoms with van der Waals surface area (Å²) in [6, 6.07) is 7.91. The Balaban J connectivity index is 1.84. The first-order valence-corrected chi connectivity index (χ1v) is 8.57. The van der Waals surface area contributed by atoms with Crippen LogP contribution in [0.2, 0.25) is 0 Å². The van der Waals surface area contributed by atoms with Crippen LogP contribution in [-0.2, 0) is 5.60 Å². The lowest BCUT2D eigenvalue weighted by Crippen LogP contribution is -2.52. The fourth-order valence-corrected chi connectivity index (χ4v) is 4.02. The van der Waals surface area contributed by atoms with Gasteiger partial charge in [0.2, 0.25) is 0 Å². The Bertz CT molecular complexity index is 597. The Morgan fingerprint density at radius 1 is 1.00 bits per heavy atom. The monoisotopic (exact) mass is 309 g/mol. The van der Waals surface area contributed by atoms with E-state index in [2.05, 4.69) is 14.9 Å². The maximum atomic E-state index is 12.0. The zero-order valence-corrected chi connectivity index (χ0v) is 13.3. The fourth-order valence-electron chi connectivity index (χ4n) is 4.02. The molecule has 0 bridgehead atoms. The molecule has 1 aliphatic carbocycles. The van der Waals surface area contributed by atoms with E-state index in [0.29, 0.717) is 5.92 Å². The molecule has 1 atom stereocenters. The summed E-state index contributed by atoms with van der Waals surface area (Å²) < 4.78 is 0. The highest BCUT2D eigenvalue weighted by molar-refractivity contribution is 5.36. The van der Waals surface area contributed by atoms with Crippen molar-refractivity contribution < 1.29 is 5.11 Å². The van der Waals surface area contributed by atoms with Crippen LogP contribution in [0.25, 0.3) is 0 Å². The number of hydrogen-bond donors (Lipinski definition) is 1. The Morgan fingerprint density at radius 2 is 1.57 bits per heavy atom. The number of hydrogen-bond acceptors (Lipinski definition) is 4. The van der Waals surface area contributed by atoms with Gasteiger partial charge in [-0.25, -0.2) is 0 Å².